The highest BCUT2D eigenvalue weighted by atomic mass is 16.1. The zero-order valence-electron chi connectivity index (χ0n) is 11.0. The highest BCUT2D eigenvalue weighted by molar-refractivity contribution is 5.76. The molecule has 0 saturated heterocycles. The van der Waals surface area contributed by atoms with Crippen molar-refractivity contribution in [3.05, 3.63) is 17.5 Å². The smallest absolute Gasteiger partial charge is 0.221 e. The topological polar surface area (TPSA) is 72.9 Å². The van der Waals surface area contributed by atoms with Crippen LogP contribution in [0.4, 0.5) is 0 Å². The fourth-order valence-electron chi connectivity index (χ4n) is 1.43. The lowest BCUT2D eigenvalue weighted by Gasteiger charge is -2.14. The van der Waals surface area contributed by atoms with Crippen molar-refractivity contribution in [2.24, 2.45) is 18.7 Å². The van der Waals surface area contributed by atoms with Crippen LogP contribution in [0, 0.1) is 12.8 Å². The molecule has 0 fully saturated rings. The van der Waals surface area contributed by atoms with Gasteiger partial charge in [-0.3, -0.25) is 9.48 Å². The van der Waals surface area contributed by atoms with Crippen molar-refractivity contribution in [1.29, 1.82) is 0 Å². The third kappa shape index (κ3) is 3.85. The van der Waals surface area contributed by atoms with Crippen molar-refractivity contribution in [2.45, 2.75) is 39.8 Å². The number of nitrogens with zero attached hydrogens (tertiary/aromatic N) is 2. The van der Waals surface area contributed by atoms with Gasteiger partial charge in [0.15, 0.2) is 0 Å². The molecule has 0 aliphatic rings. The summed E-state index contributed by atoms with van der Waals surface area (Å²) in [5.74, 6) is 0.315. The first-order chi connectivity index (χ1) is 7.91. The molecule has 17 heavy (non-hydrogen) atoms. The number of rotatable bonds is 5. The van der Waals surface area contributed by atoms with Crippen LogP contribution >= 0.6 is 0 Å². The first kappa shape index (κ1) is 13.7. The van der Waals surface area contributed by atoms with Crippen LogP contribution in [0.25, 0.3) is 0 Å². The van der Waals surface area contributed by atoms with E-state index in [1.165, 1.54) is 0 Å². The van der Waals surface area contributed by atoms with E-state index in [0.717, 1.165) is 11.3 Å². The molecule has 0 aliphatic heterocycles. The third-order valence-electron chi connectivity index (χ3n) is 3.09. The van der Waals surface area contributed by atoms with Gasteiger partial charge in [-0.05, 0) is 12.8 Å². The average molecular weight is 238 g/mol. The SMILES string of the molecule is Cc1c(CNC(=O)CC(N)C(C)C)cnn1C. The number of carbonyl (C=O) groups is 1. The number of hydrogen-bond donors (Lipinski definition) is 2. The summed E-state index contributed by atoms with van der Waals surface area (Å²) in [5.41, 5.74) is 7.95. The average Bonchev–Trinajstić information content (AvgIpc) is 2.57. The normalized spacial score (nSPS) is 12.8. The third-order valence-corrected chi connectivity index (χ3v) is 3.09. The van der Waals surface area contributed by atoms with E-state index in [0.29, 0.717) is 18.9 Å². The summed E-state index contributed by atoms with van der Waals surface area (Å²) in [7, 11) is 1.88. The van der Waals surface area contributed by atoms with Crippen LogP contribution in [0.15, 0.2) is 6.20 Å². The molecule has 0 saturated carbocycles. The molecular weight excluding hydrogens is 216 g/mol. The van der Waals surface area contributed by atoms with Crippen LogP contribution in [0.3, 0.4) is 0 Å². The number of aromatic nitrogens is 2. The van der Waals surface area contributed by atoms with Gasteiger partial charge >= 0.3 is 0 Å². The second-order valence-corrected chi connectivity index (χ2v) is 4.77. The maximum absolute atomic E-state index is 11.6. The first-order valence-corrected chi connectivity index (χ1v) is 5.91. The minimum absolute atomic E-state index is 0.00514. The number of amides is 1. The number of nitrogens with two attached hydrogens (primary N) is 1. The molecule has 5 nitrogen and oxygen atoms in total. The molecule has 0 aliphatic carbocycles. The monoisotopic (exact) mass is 238 g/mol. The molecule has 1 aromatic rings. The summed E-state index contributed by atoms with van der Waals surface area (Å²) in [5, 5.41) is 6.99. The van der Waals surface area contributed by atoms with E-state index in [1.54, 1.807) is 10.9 Å². The van der Waals surface area contributed by atoms with E-state index >= 15 is 0 Å². The van der Waals surface area contributed by atoms with Gasteiger partial charge in [-0.15, -0.1) is 0 Å². The highest BCUT2D eigenvalue weighted by Gasteiger charge is 2.13. The van der Waals surface area contributed by atoms with Crippen LogP contribution in [-0.4, -0.2) is 21.7 Å². The summed E-state index contributed by atoms with van der Waals surface area (Å²) < 4.78 is 1.79. The maximum atomic E-state index is 11.6. The summed E-state index contributed by atoms with van der Waals surface area (Å²) in [6.07, 6.45) is 2.15. The maximum Gasteiger partial charge on any atom is 0.221 e. The molecule has 1 atom stereocenters. The Labute approximate surface area is 102 Å². The highest BCUT2D eigenvalue weighted by Crippen LogP contribution is 2.06. The van der Waals surface area contributed by atoms with Crippen LogP contribution < -0.4 is 11.1 Å². The predicted octanol–water partition coefficient (Wildman–Crippen LogP) is 0.718. The number of aryl methyl sites for hydroxylation is 1. The summed E-state index contributed by atoms with van der Waals surface area (Å²) in [6.45, 7) is 6.53. The van der Waals surface area contributed by atoms with Gasteiger partial charge in [0, 0.05) is 37.3 Å². The Hall–Kier alpha value is -1.36. The summed E-state index contributed by atoms with van der Waals surface area (Å²) in [6, 6.07) is -0.0787. The fraction of sp³-hybridized carbons (Fsp3) is 0.667. The molecular formula is C12H22N4O. The predicted molar refractivity (Wildman–Crippen MR) is 67.2 cm³/mol. The lowest BCUT2D eigenvalue weighted by atomic mass is 10.0. The lowest BCUT2D eigenvalue weighted by molar-refractivity contribution is -0.121. The van der Waals surface area contributed by atoms with Crippen LogP contribution in [0.2, 0.25) is 0 Å². The van der Waals surface area contributed by atoms with E-state index in [2.05, 4.69) is 10.4 Å². The molecule has 1 rings (SSSR count). The van der Waals surface area contributed by atoms with E-state index in [1.807, 2.05) is 27.8 Å². The van der Waals surface area contributed by atoms with Crippen molar-refractivity contribution in [3.63, 3.8) is 0 Å². The minimum Gasteiger partial charge on any atom is -0.352 e. The van der Waals surface area contributed by atoms with Crippen molar-refractivity contribution < 1.29 is 4.79 Å². The van der Waals surface area contributed by atoms with Gasteiger partial charge in [-0.2, -0.15) is 5.10 Å². The molecule has 1 heterocycles. The van der Waals surface area contributed by atoms with Crippen LogP contribution in [-0.2, 0) is 18.4 Å². The minimum atomic E-state index is -0.0787. The van der Waals surface area contributed by atoms with Gasteiger partial charge in [0.25, 0.3) is 0 Å². The Morgan fingerprint density at radius 3 is 2.71 bits per heavy atom. The van der Waals surface area contributed by atoms with E-state index < -0.39 is 0 Å². The molecule has 1 unspecified atom stereocenters. The molecule has 1 amide bonds. The van der Waals surface area contributed by atoms with Crippen molar-refractivity contribution in [3.8, 4) is 0 Å². The molecule has 96 valence electrons. The molecule has 0 spiro atoms. The Morgan fingerprint density at radius 1 is 1.59 bits per heavy atom. The Balaban J connectivity index is 2.41. The number of nitrogens with one attached hydrogen (secondary N) is 1. The zero-order chi connectivity index (χ0) is 13.0. The van der Waals surface area contributed by atoms with Gasteiger partial charge in [0.1, 0.15) is 0 Å². The second-order valence-electron chi connectivity index (χ2n) is 4.77. The molecule has 3 N–H and O–H groups in total. The molecule has 0 aromatic carbocycles. The Morgan fingerprint density at radius 2 is 2.24 bits per heavy atom. The number of carbonyl (C=O) groups excluding carboxylic acids is 1. The van der Waals surface area contributed by atoms with Gasteiger partial charge < -0.3 is 11.1 Å². The van der Waals surface area contributed by atoms with Crippen molar-refractivity contribution in [1.82, 2.24) is 15.1 Å². The van der Waals surface area contributed by atoms with Gasteiger partial charge in [0.05, 0.1) is 6.20 Å². The Kier molecular flexibility index (Phi) is 4.69. The van der Waals surface area contributed by atoms with Crippen molar-refractivity contribution >= 4 is 5.91 Å². The van der Waals surface area contributed by atoms with Crippen molar-refractivity contribution in [2.75, 3.05) is 0 Å². The molecule has 0 bridgehead atoms. The molecule has 1 aromatic heterocycles. The largest absolute Gasteiger partial charge is 0.352 e. The van der Waals surface area contributed by atoms with Crippen LogP contribution in [0.5, 0.6) is 0 Å². The summed E-state index contributed by atoms with van der Waals surface area (Å²) in [4.78, 5) is 11.6. The quantitative estimate of drug-likeness (QED) is 0.794. The first-order valence-electron chi connectivity index (χ1n) is 5.91. The van der Waals surface area contributed by atoms with Gasteiger partial charge in [-0.25, -0.2) is 0 Å². The second kappa shape index (κ2) is 5.82. The van der Waals surface area contributed by atoms with E-state index in [-0.39, 0.29) is 11.9 Å². The van der Waals surface area contributed by atoms with E-state index in [4.69, 9.17) is 5.73 Å². The van der Waals surface area contributed by atoms with Gasteiger partial charge in [0.2, 0.25) is 5.91 Å². The Bertz CT molecular complexity index is 384. The lowest BCUT2D eigenvalue weighted by Crippen LogP contribution is -2.34. The fourth-order valence-corrected chi connectivity index (χ4v) is 1.43. The van der Waals surface area contributed by atoms with Gasteiger partial charge in [-0.1, -0.05) is 13.8 Å². The van der Waals surface area contributed by atoms with E-state index in [9.17, 15) is 4.79 Å². The number of hydrogen-bond acceptors (Lipinski definition) is 3. The summed E-state index contributed by atoms with van der Waals surface area (Å²) >= 11 is 0. The molecule has 0 radical (unpaired) electrons. The zero-order valence-corrected chi connectivity index (χ0v) is 11.0. The van der Waals surface area contributed by atoms with Crippen LogP contribution in [0.1, 0.15) is 31.5 Å². The molecule has 5 heteroatoms. The standard InChI is InChI=1S/C12H22N4O/c1-8(2)11(13)5-12(17)14-6-10-7-15-16(4)9(10)3/h7-8,11H,5-6,13H2,1-4H3,(H,14,17).